The van der Waals surface area contributed by atoms with Crippen LogP contribution < -0.4 is 5.32 Å². The van der Waals surface area contributed by atoms with E-state index in [4.69, 9.17) is 37.8 Å². The van der Waals surface area contributed by atoms with Crippen LogP contribution in [0.25, 0.3) is 0 Å². The largest absolute Gasteiger partial charge is 0.481 e. The van der Waals surface area contributed by atoms with Gasteiger partial charge in [-0.1, -0.05) is 60.8 Å². The van der Waals surface area contributed by atoms with E-state index in [1.807, 2.05) is 24.3 Å². The van der Waals surface area contributed by atoms with Crippen LogP contribution in [0.15, 0.2) is 42.5 Å². The molecule has 0 saturated carbocycles. The van der Waals surface area contributed by atoms with E-state index >= 15 is 0 Å². The Labute approximate surface area is 199 Å². The van der Waals surface area contributed by atoms with Gasteiger partial charge in [0.2, 0.25) is 0 Å². The van der Waals surface area contributed by atoms with Crippen molar-refractivity contribution < 1.29 is 19.4 Å². The predicted octanol–water partition coefficient (Wildman–Crippen LogP) is 6.14. The number of hydrogen-bond donors (Lipinski definition) is 2. The van der Waals surface area contributed by atoms with Crippen molar-refractivity contribution >= 4 is 46.5 Å². The molecule has 1 aliphatic heterocycles. The van der Waals surface area contributed by atoms with Crippen LogP contribution in [-0.4, -0.2) is 41.3 Å². The molecular weight excluding hydrogens is 451 g/mol. The number of para-hydroxylation sites is 2. The van der Waals surface area contributed by atoms with Crippen LogP contribution in [0, 0.1) is 0 Å². The number of carbonyl (C=O) groups excluding carboxylic acids is 1. The first-order chi connectivity index (χ1) is 15.3. The molecule has 0 aromatic heterocycles. The standard InChI is InChI=1S/C22H26Cl2N2O2.C2H4O2/c1-2-20(26-13-6-3-7-14-26)28-21(27)15-16-9-4-5-12-19(16)25-22-17(23)10-8-11-18(22)24;1-2(3)4/h4-5,8-12,20,25H,2-3,6-7,13-15H2,1H3;1H3,(H,3,4). The second kappa shape index (κ2) is 13.3. The highest BCUT2D eigenvalue weighted by Gasteiger charge is 2.23. The predicted molar refractivity (Wildman–Crippen MR) is 129 cm³/mol. The molecule has 1 heterocycles. The number of nitrogens with zero attached hydrogens (tertiary/aromatic N) is 1. The van der Waals surface area contributed by atoms with Crippen molar-refractivity contribution in [2.45, 2.75) is 52.2 Å². The zero-order chi connectivity index (χ0) is 23.5. The van der Waals surface area contributed by atoms with Gasteiger partial charge in [-0.05, 0) is 43.0 Å². The summed E-state index contributed by atoms with van der Waals surface area (Å²) in [6.07, 6.45) is 4.42. The monoisotopic (exact) mass is 480 g/mol. The summed E-state index contributed by atoms with van der Waals surface area (Å²) < 4.78 is 5.80. The quantitative estimate of drug-likeness (QED) is 0.463. The summed E-state index contributed by atoms with van der Waals surface area (Å²) in [5, 5.41) is 11.7. The van der Waals surface area contributed by atoms with Gasteiger partial charge < -0.3 is 15.2 Å². The van der Waals surface area contributed by atoms with E-state index in [1.54, 1.807) is 18.2 Å². The maximum Gasteiger partial charge on any atom is 0.311 e. The second-order valence-corrected chi connectivity index (χ2v) is 8.34. The lowest BCUT2D eigenvalue weighted by Gasteiger charge is -2.33. The highest BCUT2D eigenvalue weighted by Crippen LogP contribution is 2.33. The van der Waals surface area contributed by atoms with Gasteiger partial charge in [0, 0.05) is 25.7 Å². The molecule has 1 fully saturated rings. The molecule has 0 aliphatic carbocycles. The fourth-order valence-corrected chi connectivity index (χ4v) is 4.01. The zero-order valence-electron chi connectivity index (χ0n) is 18.4. The number of piperidine rings is 1. The number of hydrogen-bond acceptors (Lipinski definition) is 5. The fourth-order valence-electron chi connectivity index (χ4n) is 3.52. The van der Waals surface area contributed by atoms with E-state index in [9.17, 15) is 4.79 Å². The van der Waals surface area contributed by atoms with Crippen molar-refractivity contribution in [2.75, 3.05) is 18.4 Å². The summed E-state index contributed by atoms with van der Waals surface area (Å²) in [4.78, 5) is 23.9. The Morgan fingerprint density at radius 3 is 2.25 bits per heavy atom. The van der Waals surface area contributed by atoms with Gasteiger partial charge in [-0.2, -0.15) is 0 Å². The summed E-state index contributed by atoms with van der Waals surface area (Å²) in [5.41, 5.74) is 2.27. The van der Waals surface area contributed by atoms with E-state index in [0.29, 0.717) is 15.7 Å². The van der Waals surface area contributed by atoms with E-state index in [1.165, 1.54) is 19.3 Å². The molecule has 1 aliphatic rings. The summed E-state index contributed by atoms with van der Waals surface area (Å²) in [7, 11) is 0. The van der Waals surface area contributed by atoms with Crippen LogP contribution in [0.1, 0.15) is 45.1 Å². The van der Waals surface area contributed by atoms with Crippen molar-refractivity contribution in [3.8, 4) is 0 Å². The second-order valence-electron chi connectivity index (χ2n) is 7.52. The average molecular weight is 481 g/mol. The van der Waals surface area contributed by atoms with E-state index < -0.39 is 5.97 Å². The van der Waals surface area contributed by atoms with E-state index in [-0.39, 0.29) is 18.6 Å². The SMILES string of the molecule is CC(=O)O.CCC(OC(=O)Cc1ccccc1Nc1c(Cl)cccc1Cl)N1CCCCC1. The number of ether oxygens (including phenoxy) is 1. The minimum atomic E-state index is -0.833. The summed E-state index contributed by atoms with van der Waals surface area (Å²) in [6.45, 7) is 5.13. The van der Waals surface area contributed by atoms with Crippen molar-refractivity contribution in [2.24, 2.45) is 0 Å². The number of carbonyl (C=O) groups is 2. The number of carboxylic acid groups (broad SMARTS) is 1. The van der Waals surface area contributed by atoms with E-state index in [2.05, 4.69) is 17.1 Å². The Morgan fingerprint density at radius 2 is 1.66 bits per heavy atom. The highest BCUT2D eigenvalue weighted by molar-refractivity contribution is 6.39. The van der Waals surface area contributed by atoms with Crippen LogP contribution in [0.2, 0.25) is 10.0 Å². The number of halogens is 2. The molecule has 1 unspecified atom stereocenters. The van der Waals surface area contributed by atoms with Gasteiger partial charge in [0.15, 0.2) is 6.23 Å². The molecular formula is C24H30Cl2N2O4. The number of likely N-dealkylation sites (tertiary alicyclic amines) is 1. The van der Waals surface area contributed by atoms with Crippen molar-refractivity contribution in [1.29, 1.82) is 0 Å². The molecule has 174 valence electrons. The molecule has 0 radical (unpaired) electrons. The number of anilines is 2. The molecule has 1 atom stereocenters. The number of carboxylic acids is 1. The molecule has 3 rings (SSSR count). The third-order valence-corrected chi connectivity index (χ3v) is 5.62. The van der Waals surface area contributed by atoms with E-state index in [0.717, 1.165) is 37.7 Å². The van der Waals surface area contributed by atoms with Gasteiger partial charge in [0.25, 0.3) is 5.97 Å². The summed E-state index contributed by atoms with van der Waals surface area (Å²) in [6, 6.07) is 13.0. The molecule has 2 aromatic rings. The number of esters is 1. The summed E-state index contributed by atoms with van der Waals surface area (Å²) in [5.74, 6) is -1.06. The molecule has 2 aromatic carbocycles. The first-order valence-electron chi connectivity index (χ1n) is 10.7. The lowest BCUT2D eigenvalue weighted by molar-refractivity contribution is -0.159. The molecule has 0 bridgehead atoms. The van der Waals surface area contributed by atoms with Crippen LogP contribution in [-0.2, 0) is 20.7 Å². The normalized spacial score (nSPS) is 14.6. The zero-order valence-corrected chi connectivity index (χ0v) is 20.0. The molecule has 6 nitrogen and oxygen atoms in total. The minimum absolute atomic E-state index is 0.147. The number of rotatable bonds is 7. The van der Waals surface area contributed by atoms with Crippen molar-refractivity contribution in [1.82, 2.24) is 4.90 Å². The molecule has 0 spiro atoms. The van der Waals surface area contributed by atoms with Crippen LogP contribution in [0.5, 0.6) is 0 Å². The van der Waals surface area contributed by atoms with Crippen LogP contribution >= 0.6 is 23.2 Å². The Morgan fingerprint density at radius 1 is 1.06 bits per heavy atom. The molecule has 32 heavy (non-hydrogen) atoms. The highest BCUT2D eigenvalue weighted by atomic mass is 35.5. The Bertz CT molecular complexity index is 877. The fraction of sp³-hybridized carbons (Fsp3) is 0.417. The molecule has 0 amide bonds. The Kier molecular flexibility index (Phi) is 10.8. The maximum absolute atomic E-state index is 12.6. The third kappa shape index (κ3) is 8.34. The lowest BCUT2D eigenvalue weighted by atomic mass is 10.1. The maximum atomic E-state index is 12.6. The number of benzene rings is 2. The average Bonchev–Trinajstić information content (AvgIpc) is 2.76. The Balaban J connectivity index is 0.000000837. The van der Waals surface area contributed by atoms with Crippen LogP contribution in [0.4, 0.5) is 11.4 Å². The van der Waals surface area contributed by atoms with Gasteiger partial charge in [0.1, 0.15) is 0 Å². The van der Waals surface area contributed by atoms with Gasteiger partial charge in [-0.3, -0.25) is 14.5 Å². The first-order valence-corrected chi connectivity index (χ1v) is 11.5. The number of aliphatic carboxylic acids is 1. The molecule has 1 saturated heterocycles. The smallest absolute Gasteiger partial charge is 0.311 e. The molecule has 2 N–H and O–H groups in total. The van der Waals surface area contributed by atoms with Crippen molar-refractivity contribution in [3.05, 3.63) is 58.1 Å². The third-order valence-electron chi connectivity index (χ3n) is 4.99. The lowest BCUT2D eigenvalue weighted by Crippen LogP contribution is -2.41. The Hall–Kier alpha value is -2.28. The van der Waals surface area contributed by atoms with Crippen molar-refractivity contribution in [3.63, 3.8) is 0 Å². The summed E-state index contributed by atoms with van der Waals surface area (Å²) >= 11 is 12.5. The van der Waals surface area contributed by atoms with Gasteiger partial charge in [0.05, 0.1) is 22.2 Å². The van der Waals surface area contributed by atoms with Crippen LogP contribution in [0.3, 0.4) is 0 Å². The topological polar surface area (TPSA) is 78.9 Å². The molecule has 8 heteroatoms. The number of nitrogens with one attached hydrogen (secondary N) is 1. The minimum Gasteiger partial charge on any atom is -0.481 e. The van der Waals surface area contributed by atoms with Gasteiger partial charge >= 0.3 is 5.97 Å². The van der Waals surface area contributed by atoms with Gasteiger partial charge in [-0.25, -0.2) is 0 Å². The van der Waals surface area contributed by atoms with Gasteiger partial charge in [-0.15, -0.1) is 0 Å². The first kappa shape index (κ1) is 26.0.